The Morgan fingerprint density at radius 3 is 2.24 bits per heavy atom. The molecule has 2 aromatic carbocycles. The van der Waals surface area contributed by atoms with Crippen molar-refractivity contribution < 1.29 is 29.0 Å². The van der Waals surface area contributed by atoms with Crippen molar-refractivity contribution in [1.29, 1.82) is 0 Å². The highest BCUT2D eigenvalue weighted by Gasteiger charge is 2.32. The van der Waals surface area contributed by atoms with Crippen LogP contribution in [0.4, 0.5) is 4.79 Å². The van der Waals surface area contributed by atoms with Crippen LogP contribution in [0.3, 0.4) is 0 Å². The highest BCUT2D eigenvalue weighted by atomic mass is 16.5. The molecule has 0 radical (unpaired) electrons. The van der Waals surface area contributed by atoms with Crippen molar-refractivity contribution in [3.63, 3.8) is 0 Å². The minimum atomic E-state index is -1.07. The Morgan fingerprint density at radius 1 is 0.878 bits per heavy atom. The van der Waals surface area contributed by atoms with Crippen molar-refractivity contribution in [2.24, 2.45) is 17.8 Å². The number of para-hydroxylation sites is 1. The minimum Gasteiger partial charge on any atom is -0.445 e. The first-order chi connectivity index (χ1) is 23.4. The van der Waals surface area contributed by atoms with Crippen LogP contribution in [-0.2, 0) is 32.1 Å². The van der Waals surface area contributed by atoms with Gasteiger partial charge >= 0.3 is 6.09 Å². The lowest BCUT2D eigenvalue weighted by Gasteiger charge is -2.31. The fourth-order valence-electron chi connectivity index (χ4n) is 5.46. The summed E-state index contributed by atoms with van der Waals surface area (Å²) in [5.41, 5.74) is 5.22. The van der Waals surface area contributed by atoms with Gasteiger partial charge in [0.05, 0.1) is 12.5 Å². The fraction of sp³-hybridized carbons (Fsp3) is 0.526. The lowest BCUT2D eigenvalue weighted by atomic mass is 10.00. The number of nitrogens with one attached hydrogen (secondary N) is 4. The Labute approximate surface area is 290 Å². The predicted octanol–water partition coefficient (Wildman–Crippen LogP) is 5.63. The number of H-pyrrole nitrogens is 1. The van der Waals surface area contributed by atoms with Gasteiger partial charge in [-0.2, -0.15) is 0 Å². The number of alkyl carbamates (subject to hydrolysis) is 1. The molecule has 268 valence electrons. The molecule has 3 rings (SSSR count). The highest BCUT2D eigenvalue weighted by Crippen LogP contribution is 2.20. The summed E-state index contributed by atoms with van der Waals surface area (Å²) < 4.78 is 5.45. The van der Waals surface area contributed by atoms with Crippen LogP contribution in [0.1, 0.15) is 84.8 Å². The molecule has 1 heterocycles. The molecule has 49 heavy (non-hydrogen) atoms. The van der Waals surface area contributed by atoms with Gasteiger partial charge in [0, 0.05) is 30.1 Å². The largest absolute Gasteiger partial charge is 0.445 e. The third-order valence-corrected chi connectivity index (χ3v) is 8.46. The van der Waals surface area contributed by atoms with Gasteiger partial charge in [-0.25, -0.2) is 4.79 Å². The second kappa shape index (κ2) is 19.6. The number of benzene rings is 2. The molecule has 0 spiro atoms. The number of rotatable bonds is 18. The van der Waals surface area contributed by atoms with E-state index in [1.165, 1.54) is 5.01 Å². The van der Waals surface area contributed by atoms with Gasteiger partial charge in [-0.3, -0.25) is 24.8 Å². The summed E-state index contributed by atoms with van der Waals surface area (Å²) >= 11 is 0. The van der Waals surface area contributed by atoms with Crippen LogP contribution in [0.25, 0.3) is 10.9 Å². The lowest BCUT2D eigenvalue weighted by Crippen LogP contribution is -2.59. The van der Waals surface area contributed by atoms with E-state index in [1.807, 2.05) is 82.3 Å². The van der Waals surface area contributed by atoms with Crippen LogP contribution in [-0.4, -0.2) is 63.6 Å². The average Bonchev–Trinajstić information content (AvgIpc) is 3.47. The molecule has 11 nitrogen and oxygen atoms in total. The third-order valence-electron chi connectivity index (χ3n) is 8.46. The number of ether oxygens (including phenoxy) is 1. The van der Waals surface area contributed by atoms with E-state index in [0.29, 0.717) is 18.8 Å². The van der Waals surface area contributed by atoms with E-state index in [0.717, 1.165) is 34.9 Å². The fourth-order valence-corrected chi connectivity index (χ4v) is 5.46. The summed E-state index contributed by atoms with van der Waals surface area (Å²) in [6.45, 7) is 12.2. The van der Waals surface area contributed by atoms with Crippen molar-refractivity contribution in [3.05, 3.63) is 71.9 Å². The van der Waals surface area contributed by atoms with Crippen LogP contribution in [0.2, 0.25) is 0 Å². The molecular formula is C38H55N5O6. The van der Waals surface area contributed by atoms with E-state index >= 15 is 0 Å². The molecule has 0 aliphatic rings. The number of aliphatic hydroxyl groups is 1. The normalized spacial score (nSPS) is 13.8. The number of amides is 4. The maximum Gasteiger partial charge on any atom is 0.408 e. The van der Waals surface area contributed by atoms with Gasteiger partial charge in [-0.1, -0.05) is 96.5 Å². The first-order valence-electron chi connectivity index (χ1n) is 17.5. The number of aromatic nitrogens is 1. The molecular weight excluding hydrogens is 622 g/mol. The SMILES string of the molecule is CCC(C)CN(NC(=O)C[C@@H](O)CCC(C)C)C(=O)[C@H](CC(C)C)NC(=O)[C@H](Cc1c[nH]c2ccccc12)NC(=O)OCc1ccccc1. The first-order valence-corrected chi connectivity index (χ1v) is 17.5. The molecule has 4 atom stereocenters. The summed E-state index contributed by atoms with van der Waals surface area (Å²) in [7, 11) is 0. The second-order valence-corrected chi connectivity index (χ2v) is 13.8. The van der Waals surface area contributed by atoms with Gasteiger partial charge in [-0.15, -0.1) is 0 Å². The molecule has 0 bridgehead atoms. The molecule has 0 saturated heterocycles. The number of nitrogens with zero attached hydrogens (tertiary/aromatic N) is 1. The van der Waals surface area contributed by atoms with E-state index in [-0.39, 0.29) is 37.8 Å². The van der Waals surface area contributed by atoms with Crippen molar-refractivity contribution in [1.82, 2.24) is 26.1 Å². The number of hydrogen-bond acceptors (Lipinski definition) is 6. The zero-order valence-electron chi connectivity index (χ0n) is 29.8. The van der Waals surface area contributed by atoms with Crippen LogP contribution in [0.5, 0.6) is 0 Å². The van der Waals surface area contributed by atoms with E-state index in [4.69, 9.17) is 4.74 Å². The first kappa shape index (κ1) is 39.1. The summed E-state index contributed by atoms with van der Waals surface area (Å²) in [5, 5.41) is 18.2. The molecule has 3 aromatic rings. The van der Waals surface area contributed by atoms with Crippen molar-refractivity contribution in [3.8, 4) is 0 Å². The third kappa shape index (κ3) is 13.2. The summed E-state index contributed by atoms with van der Waals surface area (Å²) in [4.78, 5) is 57.4. The Hall–Kier alpha value is -4.38. The van der Waals surface area contributed by atoms with Crippen LogP contribution in [0, 0.1) is 17.8 Å². The van der Waals surface area contributed by atoms with Gasteiger partial charge in [0.25, 0.3) is 5.91 Å². The number of aromatic amines is 1. The smallest absolute Gasteiger partial charge is 0.408 e. The molecule has 0 fully saturated rings. The predicted molar refractivity (Wildman–Crippen MR) is 191 cm³/mol. The quantitative estimate of drug-likeness (QED) is 0.110. The van der Waals surface area contributed by atoms with E-state index in [2.05, 4.69) is 34.9 Å². The van der Waals surface area contributed by atoms with Crippen molar-refractivity contribution >= 4 is 34.7 Å². The van der Waals surface area contributed by atoms with Crippen molar-refractivity contribution in [2.75, 3.05) is 6.54 Å². The molecule has 11 heteroatoms. The maximum absolute atomic E-state index is 14.1. The number of carbonyl (C=O) groups is 4. The number of hydrogen-bond donors (Lipinski definition) is 5. The number of carbonyl (C=O) groups excluding carboxylic acids is 4. The minimum absolute atomic E-state index is 0.0177. The zero-order chi connectivity index (χ0) is 35.9. The molecule has 4 amide bonds. The Kier molecular flexibility index (Phi) is 15.6. The zero-order valence-corrected chi connectivity index (χ0v) is 29.8. The van der Waals surface area contributed by atoms with Crippen LogP contribution >= 0.6 is 0 Å². The molecule has 5 N–H and O–H groups in total. The molecule has 1 unspecified atom stereocenters. The topological polar surface area (TPSA) is 153 Å². The van der Waals surface area contributed by atoms with Gasteiger partial charge < -0.3 is 25.5 Å². The molecule has 1 aromatic heterocycles. The van der Waals surface area contributed by atoms with Crippen molar-refractivity contribution in [2.45, 2.75) is 105 Å². The van der Waals surface area contributed by atoms with Crippen LogP contribution in [0.15, 0.2) is 60.8 Å². The summed E-state index contributed by atoms with van der Waals surface area (Å²) in [6, 6.07) is 14.8. The van der Waals surface area contributed by atoms with E-state index < -0.39 is 42.0 Å². The number of hydrazine groups is 1. The second-order valence-electron chi connectivity index (χ2n) is 13.8. The Morgan fingerprint density at radius 2 is 1.57 bits per heavy atom. The number of fused-ring (bicyclic) bond motifs is 1. The standard InChI is InChI=1S/C38H55N5O6/c1-7-27(6)23-43(42-35(45)21-30(44)18-17-25(2)3)37(47)34(19-26(4)5)40-36(46)33(20-29-22-39-32-16-12-11-15-31(29)32)41-38(48)49-24-28-13-9-8-10-14-28/h8-16,22,25-27,30,33-34,39,44H,7,17-21,23-24H2,1-6H3,(H,40,46)(H,41,48)(H,42,45)/t27?,30-,33-,34-/m0/s1. The molecule has 0 saturated carbocycles. The van der Waals surface area contributed by atoms with Gasteiger partial charge in [-0.05, 0) is 54.2 Å². The summed E-state index contributed by atoms with van der Waals surface area (Å²) in [5.74, 6) is -1.03. The van der Waals surface area contributed by atoms with Gasteiger partial charge in [0.15, 0.2) is 0 Å². The average molecular weight is 678 g/mol. The van der Waals surface area contributed by atoms with E-state index in [9.17, 15) is 24.3 Å². The molecule has 0 aliphatic carbocycles. The Balaban J connectivity index is 1.82. The number of aliphatic hydroxyl groups excluding tert-OH is 1. The molecule has 0 aliphatic heterocycles. The van der Waals surface area contributed by atoms with Crippen LogP contribution < -0.4 is 16.1 Å². The van der Waals surface area contributed by atoms with E-state index in [1.54, 1.807) is 6.20 Å². The van der Waals surface area contributed by atoms with Gasteiger partial charge in [0.1, 0.15) is 18.7 Å². The highest BCUT2D eigenvalue weighted by molar-refractivity contribution is 5.93. The maximum atomic E-state index is 14.1. The Bertz CT molecular complexity index is 1490. The van der Waals surface area contributed by atoms with Gasteiger partial charge in [0.2, 0.25) is 11.8 Å². The monoisotopic (exact) mass is 677 g/mol. The lowest BCUT2D eigenvalue weighted by molar-refractivity contribution is -0.146. The summed E-state index contributed by atoms with van der Waals surface area (Å²) in [6.07, 6.45) is 2.53.